The van der Waals surface area contributed by atoms with Crippen LogP contribution in [0.1, 0.15) is 22.3 Å². The standard InChI is InChI=1S/C29H28N2O2/c1-23-12-16-27(17-13-23)30-29(32)31(20-24-8-4-2-5-9-24)21-25-14-18-28(19-15-25)33-22-26-10-6-3-7-11-26/h2-19H,20-22H2,1H3,(H,30,32). The lowest BCUT2D eigenvalue weighted by Crippen LogP contribution is -2.34. The van der Waals surface area contributed by atoms with Crippen LogP contribution in [0.4, 0.5) is 10.5 Å². The molecule has 4 heteroatoms. The van der Waals surface area contributed by atoms with Crippen molar-refractivity contribution in [1.82, 2.24) is 4.90 Å². The molecule has 0 unspecified atom stereocenters. The topological polar surface area (TPSA) is 41.6 Å². The molecule has 166 valence electrons. The molecule has 0 saturated carbocycles. The van der Waals surface area contributed by atoms with Crippen LogP contribution in [-0.4, -0.2) is 10.9 Å². The molecular weight excluding hydrogens is 408 g/mol. The molecule has 33 heavy (non-hydrogen) atoms. The number of ether oxygens (including phenoxy) is 1. The van der Waals surface area contributed by atoms with E-state index in [1.54, 1.807) is 0 Å². The summed E-state index contributed by atoms with van der Waals surface area (Å²) in [5.41, 5.74) is 5.19. The van der Waals surface area contributed by atoms with Crippen LogP contribution in [0.25, 0.3) is 0 Å². The van der Waals surface area contributed by atoms with Crippen molar-refractivity contribution >= 4 is 11.7 Å². The van der Waals surface area contributed by atoms with Gasteiger partial charge in [0, 0.05) is 18.8 Å². The van der Waals surface area contributed by atoms with E-state index in [2.05, 4.69) is 5.32 Å². The molecule has 0 bridgehead atoms. The number of rotatable bonds is 8. The summed E-state index contributed by atoms with van der Waals surface area (Å²) in [6.45, 7) is 3.57. The van der Waals surface area contributed by atoms with Crippen LogP contribution in [0, 0.1) is 6.92 Å². The summed E-state index contributed by atoms with van der Waals surface area (Å²) in [4.78, 5) is 14.9. The molecule has 0 aliphatic heterocycles. The Bertz CT molecular complexity index is 1140. The lowest BCUT2D eigenvalue weighted by molar-refractivity contribution is 0.206. The van der Waals surface area contributed by atoms with Crippen LogP contribution in [0.2, 0.25) is 0 Å². The van der Waals surface area contributed by atoms with Crippen molar-refractivity contribution in [3.63, 3.8) is 0 Å². The molecule has 0 saturated heterocycles. The molecule has 4 rings (SSSR count). The smallest absolute Gasteiger partial charge is 0.322 e. The summed E-state index contributed by atoms with van der Waals surface area (Å²) in [6, 6.07) is 35.8. The summed E-state index contributed by atoms with van der Waals surface area (Å²) in [5.74, 6) is 0.807. The van der Waals surface area contributed by atoms with Crippen LogP contribution in [0.15, 0.2) is 109 Å². The fourth-order valence-electron chi connectivity index (χ4n) is 3.50. The summed E-state index contributed by atoms with van der Waals surface area (Å²) in [5, 5.41) is 3.02. The number of nitrogens with zero attached hydrogens (tertiary/aromatic N) is 1. The van der Waals surface area contributed by atoms with Gasteiger partial charge in [-0.05, 0) is 47.9 Å². The fourth-order valence-corrected chi connectivity index (χ4v) is 3.50. The Balaban J connectivity index is 1.43. The van der Waals surface area contributed by atoms with Crippen molar-refractivity contribution in [2.24, 2.45) is 0 Å². The second kappa shape index (κ2) is 11.0. The second-order valence-corrected chi connectivity index (χ2v) is 8.06. The van der Waals surface area contributed by atoms with Gasteiger partial charge >= 0.3 is 6.03 Å². The van der Waals surface area contributed by atoms with E-state index >= 15 is 0 Å². The summed E-state index contributed by atoms with van der Waals surface area (Å²) < 4.78 is 5.89. The molecule has 0 fully saturated rings. The van der Waals surface area contributed by atoms with Gasteiger partial charge in [0.1, 0.15) is 12.4 Å². The van der Waals surface area contributed by atoms with Crippen LogP contribution in [-0.2, 0) is 19.7 Å². The maximum atomic E-state index is 13.1. The molecule has 4 nitrogen and oxygen atoms in total. The van der Waals surface area contributed by atoms with Gasteiger partial charge in [-0.2, -0.15) is 0 Å². The first-order valence-corrected chi connectivity index (χ1v) is 11.1. The Labute approximate surface area is 195 Å². The summed E-state index contributed by atoms with van der Waals surface area (Å²) in [6.07, 6.45) is 0. The molecule has 4 aromatic rings. The van der Waals surface area contributed by atoms with Crippen molar-refractivity contribution in [1.29, 1.82) is 0 Å². The normalized spacial score (nSPS) is 10.5. The van der Waals surface area contributed by atoms with E-state index in [4.69, 9.17) is 4.74 Å². The number of urea groups is 1. The first-order valence-electron chi connectivity index (χ1n) is 11.1. The molecular formula is C29H28N2O2. The Kier molecular flexibility index (Phi) is 7.39. The molecule has 4 aromatic carbocycles. The number of hydrogen-bond acceptors (Lipinski definition) is 2. The SMILES string of the molecule is Cc1ccc(NC(=O)N(Cc2ccccc2)Cc2ccc(OCc3ccccc3)cc2)cc1. The van der Waals surface area contributed by atoms with E-state index < -0.39 is 0 Å². The maximum Gasteiger partial charge on any atom is 0.322 e. The highest BCUT2D eigenvalue weighted by Crippen LogP contribution is 2.18. The van der Waals surface area contributed by atoms with Crippen molar-refractivity contribution in [3.8, 4) is 5.75 Å². The Morgan fingerprint density at radius 2 is 1.24 bits per heavy atom. The third-order valence-electron chi connectivity index (χ3n) is 5.35. The number of hydrogen-bond donors (Lipinski definition) is 1. The first-order chi connectivity index (χ1) is 16.2. The quantitative estimate of drug-likeness (QED) is 0.330. The Morgan fingerprint density at radius 1 is 0.697 bits per heavy atom. The van der Waals surface area contributed by atoms with Gasteiger partial charge in [-0.15, -0.1) is 0 Å². The van der Waals surface area contributed by atoms with E-state index in [1.807, 2.05) is 121 Å². The number of carbonyl (C=O) groups is 1. The molecule has 0 heterocycles. The minimum Gasteiger partial charge on any atom is -0.489 e. The predicted octanol–water partition coefficient (Wildman–Crippen LogP) is 6.81. The minimum absolute atomic E-state index is 0.132. The molecule has 0 aromatic heterocycles. The third-order valence-corrected chi connectivity index (χ3v) is 5.35. The lowest BCUT2D eigenvalue weighted by Gasteiger charge is -2.24. The average molecular weight is 437 g/mol. The first kappa shape index (κ1) is 22.2. The second-order valence-electron chi connectivity index (χ2n) is 8.06. The highest BCUT2D eigenvalue weighted by atomic mass is 16.5. The van der Waals surface area contributed by atoms with Crippen LogP contribution in [0.5, 0.6) is 5.75 Å². The van der Waals surface area contributed by atoms with Gasteiger partial charge < -0.3 is 15.0 Å². The zero-order valence-corrected chi connectivity index (χ0v) is 18.8. The number of amides is 2. The molecule has 0 atom stereocenters. The summed E-state index contributed by atoms with van der Waals surface area (Å²) >= 11 is 0. The number of aryl methyl sites for hydroxylation is 1. The average Bonchev–Trinajstić information content (AvgIpc) is 2.86. The molecule has 0 aliphatic rings. The van der Waals surface area contributed by atoms with Crippen LogP contribution >= 0.6 is 0 Å². The van der Waals surface area contributed by atoms with E-state index in [0.717, 1.165) is 33.7 Å². The largest absolute Gasteiger partial charge is 0.489 e. The van der Waals surface area contributed by atoms with Gasteiger partial charge in [0.15, 0.2) is 0 Å². The van der Waals surface area contributed by atoms with Crippen molar-refractivity contribution < 1.29 is 9.53 Å². The zero-order valence-electron chi connectivity index (χ0n) is 18.8. The maximum absolute atomic E-state index is 13.1. The van der Waals surface area contributed by atoms with Crippen molar-refractivity contribution in [2.45, 2.75) is 26.6 Å². The highest BCUT2D eigenvalue weighted by molar-refractivity contribution is 5.89. The Morgan fingerprint density at radius 3 is 1.85 bits per heavy atom. The van der Waals surface area contributed by atoms with E-state index in [0.29, 0.717) is 19.7 Å². The van der Waals surface area contributed by atoms with Gasteiger partial charge in [-0.3, -0.25) is 0 Å². The third kappa shape index (κ3) is 6.71. The molecule has 0 aliphatic carbocycles. The number of nitrogens with one attached hydrogen (secondary N) is 1. The monoisotopic (exact) mass is 436 g/mol. The van der Waals surface area contributed by atoms with E-state index in [-0.39, 0.29) is 6.03 Å². The zero-order chi connectivity index (χ0) is 22.9. The number of carbonyl (C=O) groups excluding carboxylic acids is 1. The number of benzene rings is 4. The lowest BCUT2D eigenvalue weighted by atomic mass is 10.1. The van der Waals surface area contributed by atoms with Gasteiger partial charge in [0.05, 0.1) is 0 Å². The number of anilines is 1. The van der Waals surface area contributed by atoms with E-state index in [1.165, 1.54) is 0 Å². The molecule has 0 spiro atoms. The Hall–Kier alpha value is -4.05. The van der Waals surface area contributed by atoms with E-state index in [9.17, 15) is 4.79 Å². The van der Waals surface area contributed by atoms with Crippen LogP contribution < -0.4 is 10.1 Å². The predicted molar refractivity (Wildman–Crippen MR) is 133 cm³/mol. The highest BCUT2D eigenvalue weighted by Gasteiger charge is 2.15. The van der Waals surface area contributed by atoms with Gasteiger partial charge in [-0.1, -0.05) is 90.5 Å². The summed E-state index contributed by atoms with van der Waals surface area (Å²) in [7, 11) is 0. The van der Waals surface area contributed by atoms with Crippen molar-refractivity contribution in [3.05, 3.63) is 131 Å². The molecule has 1 N–H and O–H groups in total. The molecule has 0 radical (unpaired) electrons. The fraction of sp³-hybridized carbons (Fsp3) is 0.138. The van der Waals surface area contributed by atoms with Gasteiger partial charge in [0.25, 0.3) is 0 Å². The van der Waals surface area contributed by atoms with Gasteiger partial charge in [0.2, 0.25) is 0 Å². The molecule has 2 amide bonds. The van der Waals surface area contributed by atoms with Gasteiger partial charge in [-0.25, -0.2) is 4.79 Å². The minimum atomic E-state index is -0.132. The van der Waals surface area contributed by atoms with Crippen molar-refractivity contribution in [2.75, 3.05) is 5.32 Å². The van der Waals surface area contributed by atoms with Crippen LogP contribution in [0.3, 0.4) is 0 Å².